The Hall–Kier alpha value is -7.40. The number of rotatable bonds is 6. The summed E-state index contributed by atoms with van der Waals surface area (Å²) in [4.78, 5) is 20.4. The zero-order valence-corrected chi connectivity index (χ0v) is 37.7. The molecule has 0 saturated heterocycles. The molecule has 0 aliphatic heterocycles. The topological polar surface area (TPSA) is 60.4 Å². The van der Waals surface area contributed by atoms with Crippen molar-refractivity contribution in [2.45, 2.75) is 23.3 Å². The quantitative estimate of drug-likeness (QED) is 0.123. The van der Waals surface area contributed by atoms with E-state index >= 15 is 0 Å². The molecule has 0 radical (unpaired) electrons. The van der Waals surface area contributed by atoms with Crippen molar-refractivity contribution in [1.29, 1.82) is 0 Å². The van der Waals surface area contributed by atoms with Crippen molar-refractivity contribution in [2.75, 3.05) is 0 Å². The van der Waals surface area contributed by atoms with Crippen LogP contribution in [-0.4, -0.2) is 24.5 Å². The molecule has 10 aromatic rings. The van der Waals surface area contributed by atoms with Crippen molar-refractivity contribution in [2.24, 2.45) is 7.05 Å². The van der Waals surface area contributed by atoms with E-state index in [9.17, 15) is 0 Å². The van der Waals surface area contributed by atoms with Gasteiger partial charge in [0.15, 0.2) is 0 Å². The van der Waals surface area contributed by atoms with E-state index < -0.39 is 16.4 Å². The Kier molecular flexibility index (Phi) is 8.79. The van der Waals surface area contributed by atoms with E-state index in [1.54, 1.807) is 0 Å². The number of nitrogens with zero attached hydrogens (tertiary/aromatic N) is 6. The van der Waals surface area contributed by atoms with Crippen LogP contribution < -0.4 is 4.57 Å². The third-order valence-corrected chi connectivity index (χ3v) is 13.9. The fourth-order valence-electron chi connectivity index (χ4n) is 11.5. The first-order chi connectivity index (χ1) is 31.5. The van der Waals surface area contributed by atoms with Gasteiger partial charge in [0.2, 0.25) is 6.33 Å². The predicted octanol–water partition coefficient (Wildman–Crippen LogP) is 10.1. The monoisotopic (exact) mass is 1010 g/mol. The second-order valence-electron chi connectivity index (χ2n) is 17.1. The van der Waals surface area contributed by atoms with Crippen LogP contribution in [0.25, 0.3) is 33.8 Å². The van der Waals surface area contributed by atoms with Gasteiger partial charge in [0.25, 0.3) is 0 Å². The fraction of sp³-hybridized carbons (Fsp3) is 0.0862. The molecule has 0 bridgehead atoms. The molecule has 0 saturated carbocycles. The summed E-state index contributed by atoms with van der Waals surface area (Å²) in [6.07, 6.45) is 15.4. The summed E-state index contributed by atoms with van der Waals surface area (Å²) in [6, 6.07) is 64.8. The summed E-state index contributed by atoms with van der Waals surface area (Å²) in [5, 5.41) is 0. The van der Waals surface area contributed by atoms with Gasteiger partial charge in [-0.2, -0.15) is 48.5 Å². The molecule has 3 atom stereocenters. The predicted molar refractivity (Wildman–Crippen MR) is 246 cm³/mol. The normalized spacial score (nSPS) is 19.3. The van der Waals surface area contributed by atoms with Gasteiger partial charge in [-0.05, 0) is 77.5 Å². The number of hydrogen-bond donors (Lipinski definition) is 0. The van der Waals surface area contributed by atoms with Crippen LogP contribution in [0, 0.1) is 25.4 Å². The largest absolute Gasteiger partial charge is 0.354 e. The van der Waals surface area contributed by atoms with Gasteiger partial charge in [-0.1, -0.05) is 91.0 Å². The van der Waals surface area contributed by atoms with Gasteiger partial charge < -0.3 is 9.13 Å². The Morgan fingerprint density at radius 3 is 1.54 bits per heavy atom. The number of aryl methyl sites for hydroxylation is 2. The molecule has 7 heteroatoms. The number of imidazole rings is 1. The first-order valence-corrected chi connectivity index (χ1v) is 21.7. The molecule has 0 N–H and O–H groups in total. The van der Waals surface area contributed by atoms with Gasteiger partial charge in [0.1, 0.15) is 5.54 Å². The van der Waals surface area contributed by atoms with Gasteiger partial charge >= 0.3 is 0 Å². The molecule has 13 rings (SSSR count). The molecule has 0 spiro atoms. The van der Waals surface area contributed by atoms with Gasteiger partial charge in [-0.25, -0.2) is 0 Å². The molecule has 0 fully saturated rings. The van der Waals surface area contributed by atoms with E-state index in [0.29, 0.717) is 0 Å². The van der Waals surface area contributed by atoms with Crippen LogP contribution in [0.15, 0.2) is 195 Å². The second-order valence-corrected chi connectivity index (χ2v) is 17.1. The van der Waals surface area contributed by atoms with Crippen LogP contribution in [0.2, 0.25) is 0 Å². The van der Waals surface area contributed by atoms with Crippen LogP contribution in [0.3, 0.4) is 0 Å². The minimum absolute atomic E-state index is 0. The average Bonchev–Trinajstić information content (AvgIpc) is 4.09. The molecule has 5 aromatic carbocycles. The Bertz CT molecular complexity index is 3400. The van der Waals surface area contributed by atoms with Crippen molar-refractivity contribution in [3.63, 3.8) is 0 Å². The first-order valence-electron chi connectivity index (χ1n) is 21.7. The third-order valence-electron chi connectivity index (χ3n) is 13.9. The molecule has 312 valence electrons. The van der Waals surface area contributed by atoms with Crippen molar-refractivity contribution in [3.8, 4) is 33.8 Å². The van der Waals surface area contributed by atoms with Crippen molar-refractivity contribution >= 4 is 0 Å². The first kappa shape index (κ1) is 39.2. The molecule has 3 unspecified atom stereocenters. The maximum absolute atomic E-state index is 5.20. The standard InChI is InChI=1S/C58H38N6.Pt/c1-38-27-31-59-52(34-38)57(47-22-7-4-19-44(47)54-50(57)25-12-29-61-54)41-16-9-14-39(35-41)56(46-21-6-3-18-43(46)53-49(56)24-11-28-60-53)40-15-10-17-42(36-40)58(64-33-32-63(2)37-64)48-23-8-5-20-45(48)55-51(58)26-13-30-62-55;/h3-34H,1-2H3;/q-2;. The number of pyridine rings is 4. The number of hydrogen-bond acceptors (Lipinski definition) is 4. The fourth-order valence-corrected chi connectivity index (χ4v) is 11.5. The maximum atomic E-state index is 5.20. The molecule has 5 aromatic heterocycles. The van der Waals surface area contributed by atoms with Crippen LogP contribution in [0.1, 0.15) is 66.9 Å². The molecular weight excluding hydrogens is 976 g/mol. The number of fused-ring (bicyclic) bond motifs is 9. The van der Waals surface area contributed by atoms with Crippen molar-refractivity contribution < 1.29 is 25.6 Å². The van der Waals surface area contributed by atoms with Crippen LogP contribution >= 0.6 is 0 Å². The molecule has 65 heavy (non-hydrogen) atoms. The molecule has 6 nitrogen and oxygen atoms in total. The minimum Gasteiger partial charge on any atom is -0.354 e. The third kappa shape index (κ3) is 5.12. The molecule has 0 amide bonds. The molecule has 3 aliphatic carbocycles. The second kappa shape index (κ2) is 14.6. The Balaban J connectivity index is 0.00000444. The number of aromatic nitrogens is 6. The Labute approximate surface area is 392 Å². The van der Waals surface area contributed by atoms with Gasteiger partial charge in [0.05, 0.1) is 35.2 Å². The van der Waals surface area contributed by atoms with Gasteiger partial charge in [-0.3, -0.25) is 19.9 Å². The van der Waals surface area contributed by atoms with Crippen molar-refractivity contribution in [3.05, 3.63) is 280 Å². The Morgan fingerprint density at radius 1 is 0.462 bits per heavy atom. The van der Waals surface area contributed by atoms with Gasteiger partial charge in [0, 0.05) is 79.1 Å². The zero-order valence-electron chi connectivity index (χ0n) is 35.5. The Morgan fingerprint density at radius 2 is 0.938 bits per heavy atom. The van der Waals surface area contributed by atoms with Gasteiger partial charge in [-0.15, -0.1) is 22.3 Å². The van der Waals surface area contributed by atoms with E-state index in [0.717, 1.165) is 101 Å². The van der Waals surface area contributed by atoms with E-state index in [2.05, 4.69) is 182 Å². The SMILES string of the molecule is Cc1ccnc(C2(c3[c-]c(C4(c5[c-]c(C6(n7[c-][n+](C)cc7)c7ccccc7-c7ncccc76)ccc5)c5ccccc5-c5ncccc54)ccc3)c3ccccc3-c3ncccc32)c1.[Pt]. The average molecular weight is 1010 g/mol. The van der Waals surface area contributed by atoms with Crippen LogP contribution in [0.5, 0.6) is 0 Å². The van der Waals surface area contributed by atoms with E-state index in [4.69, 9.17) is 19.9 Å². The van der Waals surface area contributed by atoms with E-state index in [-0.39, 0.29) is 21.1 Å². The summed E-state index contributed by atoms with van der Waals surface area (Å²) < 4.78 is 4.18. The molecule has 5 heterocycles. The minimum atomic E-state index is -0.883. The zero-order chi connectivity index (χ0) is 42.6. The molecular formula is C58H38N6Pt-2. The van der Waals surface area contributed by atoms with E-state index in [1.165, 1.54) is 0 Å². The summed E-state index contributed by atoms with van der Waals surface area (Å²) in [5.41, 5.74) is 16.3. The summed E-state index contributed by atoms with van der Waals surface area (Å²) in [5.74, 6) is 0. The van der Waals surface area contributed by atoms with Crippen molar-refractivity contribution in [1.82, 2.24) is 24.5 Å². The van der Waals surface area contributed by atoms with E-state index in [1.807, 2.05) is 54.7 Å². The summed E-state index contributed by atoms with van der Waals surface area (Å²) in [7, 11) is 2.02. The maximum Gasteiger partial charge on any atom is 0.204 e. The summed E-state index contributed by atoms with van der Waals surface area (Å²) in [6.45, 7) is 2.14. The smallest absolute Gasteiger partial charge is 0.204 e. The van der Waals surface area contributed by atoms with Crippen LogP contribution in [-0.2, 0) is 44.5 Å². The van der Waals surface area contributed by atoms with Crippen LogP contribution in [0.4, 0.5) is 0 Å². The summed E-state index contributed by atoms with van der Waals surface area (Å²) >= 11 is 0. The number of benzene rings is 5. The molecule has 3 aliphatic rings.